The first-order chi connectivity index (χ1) is 12.7. The molecule has 0 radical (unpaired) electrons. The van der Waals surface area contributed by atoms with Crippen molar-refractivity contribution >= 4 is 0 Å². The molecular weight excluding hydrogens is 349 g/mol. The molecule has 3 unspecified atom stereocenters. The fourth-order valence-electron chi connectivity index (χ4n) is 4.16. The van der Waals surface area contributed by atoms with Gasteiger partial charge in [-0.05, 0) is 64.2 Å². The van der Waals surface area contributed by atoms with Crippen molar-refractivity contribution in [3.05, 3.63) is 23.0 Å². The Balaban J connectivity index is 1.84. The number of aliphatic hydroxyl groups excluding tert-OH is 1. The molecule has 2 aliphatic heterocycles. The number of methoxy groups -OCH3 is 1. The van der Waals surface area contributed by atoms with E-state index in [0.717, 1.165) is 31.5 Å². The van der Waals surface area contributed by atoms with Gasteiger partial charge in [0.05, 0.1) is 24.9 Å². The molecule has 1 N–H and O–H groups in total. The number of hydrogen-bond acceptors (Lipinski definition) is 5. The third kappa shape index (κ3) is 4.55. The molecule has 2 aliphatic rings. The van der Waals surface area contributed by atoms with E-state index in [1.807, 2.05) is 6.07 Å². The first kappa shape index (κ1) is 20.4. The van der Waals surface area contributed by atoms with E-state index in [9.17, 15) is 5.11 Å². The molecule has 0 saturated carbocycles. The van der Waals surface area contributed by atoms with Crippen molar-refractivity contribution in [2.24, 2.45) is 0 Å². The summed E-state index contributed by atoms with van der Waals surface area (Å²) in [6.07, 6.45) is 2.07. The van der Waals surface area contributed by atoms with Gasteiger partial charge in [-0.15, -0.1) is 0 Å². The number of piperidine rings is 1. The first-order valence-corrected chi connectivity index (χ1v) is 9.81. The van der Waals surface area contributed by atoms with Crippen molar-refractivity contribution in [2.45, 2.75) is 70.8 Å². The maximum absolute atomic E-state index is 15.2. The third-order valence-corrected chi connectivity index (χ3v) is 5.18. The Labute approximate surface area is 161 Å². The van der Waals surface area contributed by atoms with E-state index in [2.05, 4.69) is 25.7 Å². The van der Waals surface area contributed by atoms with Crippen LogP contribution >= 0.6 is 0 Å². The van der Waals surface area contributed by atoms with Crippen molar-refractivity contribution in [3.63, 3.8) is 0 Å². The van der Waals surface area contributed by atoms with Crippen molar-refractivity contribution in [3.8, 4) is 11.5 Å². The molecule has 0 aromatic heterocycles. The van der Waals surface area contributed by atoms with Crippen molar-refractivity contribution in [1.82, 2.24) is 4.90 Å². The van der Waals surface area contributed by atoms with E-state index in [1.165, 1.54) is 7.11 Å². The number of ether oxygens (including phenoxy) is 3. The van der Waals surface area contributed by atoms with Crippen LogP contribution in [0.25, 0.3) is 0 Å². The van der Waals surface area contributed by atoms with Crippen LogP contribution < -0.4 is 9.47 Å². The largest absolute Gasteiger partial charge is 0.493 e. The molecule has 1 aromatic rings. The summed E-state index contributed by atoms with van der Waals surface area (Å²) in [7, 11) is 1.52. The van der Waals surface area contributed by atoms with Crippen LogP contribution in [0, 0.1) is 5.82 Å². The minimum absolute atomic E-state index is 0.0352. The number of halogens is 1. The SMILES string of the molecule is COc1cc2c(c(F)c1OCC(C)O)CCN1CC(OC(C)(C)C)CCC21. The molecule has 2 heterocycles. The van der Waals surface area contributed by atoms with Crippen LogP contribution in [-0.4, -0.2) is 54.6 Å². The maximum atomic E-state index is 15.2. The molecule has 6 heteroatoms. The zero-order chi connectivity index (χ0) is 19.8. The highest BCUT2D eigenvalue weighted by Gasteiger charge is 2.37. The average molecular weight is 381 g/mol. The molecule has 1 fully saturated rings. The van der Waals surface area contributed by atoms with Gasteiger partial charge in [-0.3, -0.25) is 4.90 Å². The van der Waals surface area contributed by atoms with Crippen LogP contribution in [0.1, 0.15) is 57.7 Å². The summed E-state index contributed by atoms with van der Waals surface area (Å²) in [5, 5.41) is 9.46. The molecule has 152 valence electrons. The molecule has 1 saturated heterocycles. The molecule has 0 bridgehead atoms. The van der Waals surface area contributed by atoms with E-state index >= 15 is 4.39 Å². The summed E-state index contributed by atoms with van der Waals surface area (Å²) in [6, 6.07) is 2.10. The van der Waals surface area contributed by atoms with Gasteiger partial charge in [0.25, 0.3) is 0 Å². The molecule has 0 spiro atoms. The third-order valence-electron chi connectivity index (χ3n) is 5.18. The lowest BCUT2D eigenvalue weighted by atomic mass is 9.85. The summed E-state index contributed by atoms with van der Waals surface area (Å²) < 4.78 is 32.3. The number of aliphatic hydroxyl groups is 1. The summed E-state index contributed by atoms with van der Waals surface area (Å²) in [5.74, 6) is 0.148. The van der Waals surface area contributed by atoms with Gasteiger partial charge < -0.3 is 19.3 Å². The van der Waals surface area contributed by atoms with E-state index in [-0.39, 0.29) is 35.9 Å². The molecule has 0 amide bonds. The Morgan fingerprint density at radius 2 is 2.07 bits per heavy atom. The number of rotatable bonds is 5. The van der Waals surface area contributed by atoms with Crippen LogP contribution in [0.2, 0.25) is 0 Å². The molecule has 5 nitrogen and oxygen atoms in total. The predicted molar refractivity (Wildman–Crippen MR) is 102 cm³/mol. The minimum atomic E-state index is -0.668. The molecule has 3 atom stereocenters. The number of hydrogen-bond donors (Lipinski definition) is 1. The lowest BCUT2D eigenvalue weighted by Crippen LogP contribution is -2.47. The Morgan fingerprint density at radius 1 is 1.33 bits per heavy atom. The standard InChI is InChI=1S/C21H32FNO4/c1-13(24)12-26-20-18(25-5)10-16-15(19(20)22)8-9-23-11-14(6-7-17(16)23)27-21(2,3)4/h10,13-14,17,24H,6-9,11-12H2,1-5H3. The Hall–Kier alpha value is -1.37. The second-order valence-electron chi connectivity index (χ2n) is 8.64. The van der Waals surface area contributed by atoms with Gasteiger partial charge in [0.1, 0.15) is 6.61 Å². The van der Waals surface area contributed by atoms with Crippen molar-refractivity contribution in [2.75, 3.05) is 26.8 Å². The van der Waals surface area contributed by atoms with Crippen molar-refractivity contribution < 1.29 is 23.7 Å². The topological polar surface area (TPSA) is 51.2 Å². The normalized spacial score (nSPS) is 24.1. The van der Waals surface area contributed by atoms with Gasteiger partial charge in [0.15, 0.2) is 17.3 Å². The van der Waals surface area contributed by atoms with E-state index < -0.39 is 6.10 Å². The zero-order valence-corrected chi connectivity index (χ0v) is 17.0. The smallest absolute Gasteiger partial charge is 0.197 e. The Bertz CT molecular complexity index is 671. The lowest BCUT2D eigenvalue weighted by Gasteiger charge is -2.45. The minimum Gasteiger partial charge on any atom is -0.493 e. The summed E-state index contributed by atoms with van der Waals surface area (Å²) in [4.78, 5) is 2.40. The number of fused-ring (bicyclic) bond motifs is 3. The summed E-state index contributed by atoms with van der Waals surface area (Å²) in [5.41, 5.74) is 1.55. The highest BCUT2D eigenvalue weighted by atomic mass is 19.1. The Kier molecular flexibility index (Phi) is 5.99. The van der Waals surface area contributed by atoms with Gasteiger partial charge in [-0.25, -0.2) is 4.39 Å². The molecule has 1 aromatic carbocycles. The van der Waals surface area contributed by atoms with Crippen molar-refractivity contribution in [1.29, 1.82) is 0 Å². The number of benzene rings is 1. The zero-order valence-electron chi connectivity index (χ0n) is 17.0. The van der Waals surface area contributed by atoms with Crippen LogP contribution in [-0.2, 0) is 11.2 Å². The highest BCUT2D eigenvalue weighted by Crippen LogP contribution is 2.44. The van der Waals surface area contributed by atoms with Crippen LogP contribution in [0.5, 0.6) is 11.5 Å². The highest BCUT2D eigenvalue weighted by molar-refractivity contribution is 5.51. The van der Waals surface area contributed by atoms with Gasteiger partial charge in [-0.2, -0.15) is 0 Å². The van der Waals surface area contributed by atoms with Crippen LogP contribution in [0.15, 0.2) is 6.07 Å². The maximum Gasteiger partial charge on any atom is 0.197 e. The van der Waals surface area contributed by atoms with Gasteiger partial charge >= 0.3 is 0 Å². The molecule has 27 heavy (non-hydrogen) atoms. The lowest BCUT2D eigenvalue weighted by molar-refractivity contribution is -0.0972. The van der Waals surface area contributed by atoms with Crippen LogP contribution in [0.3, 0.4) is 0 Å². The number of nitrogens with zero attached hydrogens (tertiary/aromatic N) is 1. The first-order valence-electron chi connectivity index (χ1n) is 9.81. The summed E-state index contributed by atoms with van der Waals surface area (Å²) in [6.45, 7) is 9.57. The van der Waals surface area contributed by atoms with Gasteiger partial charge in [-0.1, -0.05) is 0 Å². The fraction of sp³-hybridized carbons (Fsp3) is 0.714. The van der Waals surface area contributed by atoms with E-state index in [4.69, 9.17) is 14.2 Å². The van der Waals surface area contributed by atoms with E-state index in [1.54, 1.807) is 6.92 Å². The van der Waals surface area contributed by atoms with E-state index in [0.29, 0.717) is 17.7 Å². The molecule has 0 aliphatic carbocycles. The molecule has 3 rings (SSSR count). The van der Waals surface area contributed by atoms with Gasteiger partial charge in [0.2, 0.25) is 0 Å². The molecular formula is C21H32FNO4. The van der Waals surface area contributed by atoms with Gasteiger partial charge in [0, 0.05) is 19.1 Å². The monoisotopic (exact) mass is 381 g/mol. The quantitative estimate of drug-likeness (QED) is 0.846. The average Bonchev–Trinajstić information content (AvgIpc) is 2.58. The Morgan fingerprint density at radius 3 is 2.70 bits per heavy atom. The second-order valence-corrected chi connectivity index (χ2v) is 8.64. The fourth-order valence-corrected chi connectivity index (χ4v) is 4.16. The van der Waals surface area contributed by atoms with Crippen LogP contribution in [0.4, 0.5) is 4.39 Å². The predicted octanol–water partition coefficient (Wildman–Crippen LogP) is 3.47. The summed E-state index contributed by atoms with van der Waals surface area (Å²) >= 11 is 0. The second kappa shape index (κ2) is 7.94.